The number of carbonyl (C=O) groups is 2. The van der Waals surface area contributed by atoms with Crippen LogP contribution in [0.2, 0.25) is 0 Å². The molecule has 0 aliphatic heterocycles. The molecule has 0 spiro atoms. The lowest BCUT2D eigenvalue weighted by atomic mass is 9.86. The summed E-state index contributed by atoms with van der Waals surface area (Å²) in [5, 5.41) is 2.48. The van der Waals surface area contributed by atoms with Crippen molar-refractivity contribution >= 4 is 17.6 Å². The van der Waals surface area contributed by atoms with Crippen LogP contribution in [0.1, 0.15) is 24.8 Å². The molecule has 0 atom stereocenters. The van der Waals surface area contributed by atoms with Crippen molar-refractivity contribution in [1.82, 2.24) is 0 Å². The van der Waals surface area contributed by atoms with Gasteiger partial charge in [0, 0.05) is 5.69 Å². The van der Waals surface area contributed by atoms with Crippen molar-refractivity contribution in [1.29, 1.82) is 0 Å². The first-order valence-corrected chi connectivity index (χ1v) is 6.29. The predicted molar refractivity (Wildman–Crippen MR) is 68.1 cm³/mol. The number of anilines is 1. The summed E-state index contributed by atoms with van der Waals surface area (Å²) in [6, 6.07) is 4.41. The Balaban J connectivity index is 1.80. The molecule has 0 bridgehead atoms. The average Bonchev–Trinajstić information content (AvgIpc) is 2.29. The predicted octanol–water partition coefficient (Wildman–Crippen LogP) is 2.42. The van der Waals surface area contributed by atoms with E-state index in [2.05, 4.69) is 5.32 Å². The molecular formula is C14H16FNO3. The Labute approximate surface area is 110 Å². The van der Waals surface area contributed by atoms with Gasteiger partial charge < -0.3 is 10.1 Å². The van der Waals surface area contributed by atoms with Crippen LogP contribution in [-0.2, 0) is 14.3 Å². The van der Waals surface area contributed by atoms with Gasteiger partial charge in [0.1, 0.15) is 5.82 Å². The molecule has 1 saturated carbocycles. The third-order valence-electron chi connectivity index (χ3n) is 3.24. The number of esters is 1. The van der Waals surface area contributed by atoms with Crippen LogP contribution in [0.5, 0.6) is 0 Å². The fourth-order valence-electron chi connectivity index (χ4n) is 1.77. The van der Waals surface area contributed by atoms with Crippen LogP contribution in [0, 0.1) is 18.7 Å². The summed E-state index contributed by atoms with van der Waals surface area (Å²) in [5.74, 6) is -1.22. The molecule has 102 valence electrons. The SMILES string of the molecule is Cc1ccc(NC(=O)COC(=O)C2CCC2)cc1F. The molecular weight excluding hydrogens is 249 g/mol. The minimum absolute atomic E-state index is 0.0513. The van der Waals surface area contributed by atoms with Crippen LogP contribution in [0.25, 0.3) is 0 Å². The molecule has 1 fully saturated rings. The van der Waals surface area contributed by atoms with Gasteiger partial charge in [-0.2, -0.15) is 0 Å². The average molecular weight is 265 g/mol. The highest BCUT2D eigenvalue weighted by molar-refractivity contribution is 5.92. The molecule has 0 radical (unpaired) electrons. The maximum Gasteiger partial charge on any atom is 0.309 e. The lowest BCUT2D eigenvalue weighted by Crippen LogP contribution is -2.28. The van der Waals surface area contributed by atoms with Gasteiger partial charge in [0.05, 0.1) is 5.92 Å². The van der Waals surface area contributed by atoms with E-state index < -0.39 is 5.91 Å². The molecule has 1 aromatic rings. The third-order valence-corrected chi connectivity index (χ3v) is 3.24. The fourth-order valence-corrected chi connectivity index (χ4v) is 1.77. The monoisotopic (exact) mass is 265 g/mol. The first-order valence-electron chi connectivity index (χ1n) is 6.29. The third kappa shape index (κ3) is 3.53. The summed E-state index contributed by atoms with van der Waals surface area (Å²) in [5.41, 5.74) is 0.863. The highest BCUT2D eigenvalue weighted by Crippen LogP contribution is 2.27. The number of ether oxygens (including phenoxy) is 1. The highest BCUT2D eigenvalue weighted by Gasteiger charge is 2.27. The summed E-state index contributed by atoms with van der Waals surface area (Å²) in [6.07, 6.45) is 2.71. The number of carbonyl (C=O) groups excluding carboxylic acids is 2. The minimum Gasteiger partial charge on any atom is -0.455 e. The molecule has 0 saturated heterocycles. The van der Waals surface area contributed by atoms with Crippen molar-refractivity contribution in [3.8, 4) is 0 Å². The van der Waals surface area contributed by atoms with Crippen molar-refractivity contribution in [3.05, 3.63) is 29.6 Å². The zero-order valence-electron chi connectivity index (χ0n) is 10.7. The summed E-state index contributed by atoms with van der Waals surface area (Å²) in [4.78, 5) is 23.0. The van der Waals surface area contributed by atoms with Crippen molar-refractivity contribution in [2.24, 2.45) is 5.92 Å². The highest BCUT2D eigenvalue weighted by atomic mass is 19.1. The molecule has 4 nitrogen and oxygen atoms in total. The zero-order valence-corrected chi connectivity index (χ0v) is 10.7. The lowest BCUT2D eigenvalue weighted by Gasteiger charge is -2.22. The van der Waals surface area contributed by atoms with Crippen molar-refractivity contribution in [2.45, 2.75) is 26.2 Å². The molecule has 5 heteroatoms. The summed E-state index contributed by atoms with van der Waals surface area (Å²) < 4.78 is 18.2. The molecule has 0 aromatic heterocycles. The molecule has 1 aromatic carbocycles. The van der Waals surface area contributed by atoms with Crippen molar-refractivity contribution in [2.75, 3.05) is 11.9 Å². The number of hydrogen-bond acceptors (Lipinski definition) is 3. The van der Waals surface area contributed by atoms with E-state index in [4.69, 9.17) is 4.74 Å². The van der Waals surface area contributed by atoms with Gasteiger partial charge in [-0.25, -0.2) is 4.39 Å². The topological polar surface area (TPSA) is 55.4 Å². The van der Waals surface area contributed by atoms with E-state index in [1.54, 1.807) is 19.1 Å². The van der Waals surface area contributed by atoms with Gasteiger partial charge in [-0.3, -0.25) is 9.59 Å². The van der Waals surface area contributed by atoms with E-state index >= 15 is 0 Å². The van der Waals surface area contributed by atoms with Crippen LogP contribution in [0.3, 0.4) is 0 Å². The number of aryl methyl sites for hydroxylation is 1. The Morgan fingerprint density at radius 2 is 2.16 bits per heavy atom. The van der Waals surface area contributed by atoms with E-state index in [1.165, 1.54) is 6.07 Å². The molecule has 1 amide bonds. The first-order chi connectivity index (χ1) is 9.06. The van der Waals surface area contributed by atoms with Crippen LogP contribution < -0.4 is 5.32 Å². The maximum atomic E-state index is 13.3. The van der Waals surface area contributed by atoms with E-state index in [0.717, 1.165) is 19.3 Å². The Bertz CT molecular complexity index is 497. The second-order valence-corrected chi connectivity index (χ2v) is 4.75. The van der Waals surface area contributed by atoms with Gasteiger partial charge in [0.15, 0.2) is 6.61 Å². The fraction of sp³-hybridized carbons (Fsp3) is 0.429. The molecule has 1 aliphatic carbocycles. The van der Waals surface area contributed by atoms with E-state index in [-0.39, 0.29) is 24.3 Å². The number of benzene rings is 1. The summed E-state index contributed by atoms with van der Waals surface area (Å²) in [7, 11) is 0. The van der Waals surface area contributed by atoms with Crippen LogP contribution in [0.15, 0.2) is 18.2 Å². The number of amides is 1. The number of halogens is 1. The first kappa shape index (κ1) is 13.5. The second kappa shape index (κ2) is 5.82. The van der Waals surface area contributed by atoms with Gasteiger partial charge in [-0.1, -0.05) is 12.5 Å². The van der Waals surface area contributed by atoms with Gasteiger partial charge in [0.25, 0.3) is 5.91 Å². The number of rotatable bonds is 4. The van der Waals surface area contributed by atoms with Crippen molar-refractivity contribution < 1.29 is 18.7 Å². The molecule has 0 unspecified atom stereocenters. The zero-order chi connectivity index (χ0) is 13.8. The maximum absolute atomic E-state index is 13.3. The van der Waals surface area contributed by atoms with E-state index in [0.29, 0.717) is 11.3 Å². The van der Waals surface area contributed by atoms with Crippen LogP contribution >= 0.6 is 0 Å². The van der Waals surface area contributed by atoms with Gasteiger partial charge in [-0.15, -0.1) is 0 Å². The number of nitrogens with one attached hydrogen (secondary N) is 1. The summed E-state index contributed by atoms with van der Waals surface area (Å²) in [6.45, 7) is 1.31. The quantitative estimate of drug-likeness (QED) is 0.850. The molecule has 1 aliphatic rings. The Hall–Kier alpha value is -1.91. The van der Waals surface area contributed by atoms with Crippen LogP contribution in [-0.4, -0.2) is 18.5 Å². The van der Waals surface area contributed by atoms with E-state index in [9.17, 15) is 14.0 Å². The second-order valence-electron chi connectivity index (χ2n) is 4.75. The smallest absolute Gasteiger partial charge is 0.309 e. The van der Waals surface area contributed by atoms with Crippen LogP contribution in [0.4, 0.5) is 10.1 Å². The minimum atomic E-state index is -0.462. The van der Waals surface area contributed by atoms with Crippen molar-refractivity contribution in [3.63, 3.8) is 0 Å². The van der Waals surface area contributed by atoms with Gasteiger partial charge >= 0.3 is 5.97 Å². The normalized spacial score (nSPS) is 14.6. The Kier molecular flexibility index (Phi) is 4.14. The number of hydrogen-bond donors (Lipinski definition) is 1. The van der Waals surface area contributed by atoms with E-state index in [1.807, 2.05) is 0 Å². The lowest BCUT2D eigenvalue weighted by molar-refractivity contribution is -0.154. The molecule has 19 heavy (non-hydrogen) atoms. The summed E-state index contributed by atoms with van der Waals surface area (Å²) >= 11 is 0. The Morgan fingerprint density at radius 1 is 1.42 bits per heavy atom. The van der Waals surface area contributed by atoms with Gasteiger partial charge in [0.2, 0.25) is 0 Å². The molecule has 2 rings (SSSR count). The Morgan fingerprint density at radius 3 is 2.74 bits per heavy atom. The standard InChI is InChI=1S/C14H16FNO3/c1-9-5-6-11(7-12(9)15)16-13(17)8-19-14(18)10-3-2-4-10/h5-7,10H,2-4,8H2,1H3,(H,16,17). The molecule has 0 heterocycles. The molecule has 1 N–H and O–H groups in total. The van der Waals surface area contributed by atoms with Gasteiger partial charge in [-0.05, 0) is 37.5 Å². The largest absolute Gasteiger partial charge is 0.455 e.